The van der Waals surface area contributed by atoms with Crippen LogP contribution in [0.25, 0.3) is 5.57 Å². The van der Waals surface area contributed by atoms with Gasteiger partial charge in [0.25, 0.3) is 0 Å². The molecule has 2 unspecified atom stereocenters. The Morgan fingerprint density at radius 1 is 0.401 bits per heavy atom. The third-order valence-corrected chi connectivity index (χ3v) is 31.5. The summed E-state index contributed by atoms with van der Waals surface area (Å²) < 4.78 is 20.1. The number of rotatable bonds is 47. The summed E-state index contributed by atoms with van der Waals surface area (Å²) in [6.07, 6.45) is 23.0. The zero-order chi connectivity index (χ0) is 102. The second-order valence-corrected chi connectivity index (χ2v) is 49.2. The van der Waals surface area contributed by atoms with Crippen molar-refractivity contribution in [2.75, 3.05) is 46.1 Å². The van der Waals surface area contributed by atoms with Gasteiger partial charge in [0.15, 0.2) is 5.78 Å². The number of nitrogens with two attached hydrogens (primary N) is 1. The molecular weight excluding hydrogens is 1820 g/mol. The number of benzene rings is 7. The summed E-state index contributed by atoms with van der Waals surface area (Å²) in [5, 5.41) is 60.4. The third kappa shape index (κ3) is 55.8. The molecule has 2 atom stereocenters. The van der Waals surface area contributed by atoms with Crippen molar-refractivity contribution in [2.24, 2.45) is 5.73 Å². The largest absolute Gasteiger partial charge is 0.147 e. The van der Waals surface area contributed by atoms with Crippen LogP contribution in [0.4, 0.5) is 14.4 Å². The van der Waals surface area contributed by atoms with Gasteiger partial charge in [0.1, 0.15) is 16.8 Å². The number of hydrogen-bond donors (Lipinski definition) is 9. The van der Waals surface area contributed by atoms with Gasteiger partial charge in [-0.05, 0) is 267 Å². The summed E-state index contributed by atoms with van der Waals surface area (Å²) in [6.45, 7) is 52.1. The molecule has 774 valence electrons. The van der Waals surface area contributed by atoms with Gasteiger partial charge in [-0.1, -0.05) is 226 Å². The van der Waals surface area contributed by atoms with Gasteiger partial charge in [0.2, 0.25) is 0 Å². The van der Waals surface area contributed by atoms with Gasteiger partial charge in [-0.15, -0.1) is 12.4 Å². The molecule has 0 aliphatic heterocycles. The first-order chi connectivity index (χ1) is 63.6. The Balaban J connectivity index is 0. The number of aryl methyl sites for hydroxylation is 4. The topological polar surface area (TPSA) is 286 Å². The summed E-state index contributed by atoms with van der Waals surface area (Å²) >= 11 is 4.24. The van der Waals surface area contributed by atoms with Crippen LogP contribution in [-0.2, 0) is 49.4 Å². The van der Waals surface area contributed by atoms with Gasteiger partial charge in [-0.25, -0.2) is 14.4 Å². The van der Waals surface area contributed by atoms with Crippen molar-refractivity contribution in [3.8, 4) is 0 Å². The van der Waals surface area contributed by atoms with Gasteiger partial charge in [-0.2, -0.15) is 0 Å². The Hall–Kier alpha value is -7.81. The molecule has 0 saturated heterocycles. The van der Waals surface area contributed by atoms with Gasteiger partial charge in [-0.3, -0.25) is 9.59 Å². The zero-order valence-corrected chi connectivity index (χ0v) is 91.3. The summed E-state index contributed by atoms with van der Waals surface area (Å²) in [4.78, 5) is 57.4. The Bertz CT molecular complexity index is 4180. The predicted octanol–water partition coefficient (Wildman–Crippen LogP) is 27.4. The van der Waals surface area contributed by atoms with Gasteiger partial charge < -0.3 is 66.2 Å². The first-order valence-electron chi connectivity index (χ1n) is 50.3. The number of aliphatic hydroxyl groups excluding tert-OH is 1. The van der Waals surface area contributed by atoms with E-state index in [0.29, 0.717) is 49.9 Å². The molecule has 3 amide bonds. The molecule has 0 fully saturated rings. The smallest absolute Gasteiger partial charge is 0.147 e. The van der Waals surface area contributed by atoms with Crippen molar-refractivity contribution in [1.82, 2.24) is 16.0 Å². The molecule has 7 rings (SSSR count). The number of ketones is 1. The van der Waals surface area contributed by atoms with E-state index < -0.39 is 56.7 Å². The van der Waals surface area contributed by atoms with Gasteiger partial charge in [0, 0.05) is 45.1 Å². The van der Waals surface area contributed by atoms with Crippen LogP contribution in [0, 0.1) is 0 Å². The van der Waals surface area contributed by atoms with E-state index in [2.05, 4.69) is 270 Å². The van der Waals surface area contributed by atoms with E-state index in [1.165, 1.54) is 50.7 Å². The van der Waals surface area contributed by atoms with Crippen LogP contribution in [0.3, 0.4) is 0 Å². The summed E-state index contributed by atoms with van der Waals surface area (Å²) in [7, 11) is 0. The Kier molecular flexibility index (Phi) is 66.2. The van der Waals surface area contributed by atoms with Crippen LogP contribution in [-0.4, -0.2) is 141 Å². The average molecular weight is 2010 g/mol. The van der Waals surface area contributed by atoms with E-state index >= 15 is 0 Å². The molecule has 21 heteroatoms. The van der Waals surface area contributed by atoms with E-state index in [4.69, 9.17) is 25.1 Å². The average Bonchev–Trinajstić information content (AvgIpc) is 0.717. The molecule has 137 heavy (non-hydrogen) atoms. The fourth-order valence-electron chi connectivity index (χ4n) is 16.5. The molecule has 7 aromatic carbocycles. The zero-order valence-electron chi connectivity index (χ0n) is 88.0. The van der Waals surface area contributed by atoms with Gasteiger partial charge >= 0.3 is 159 Å². The SMILES string of the molecule is C.C=C(CCNC(=O)OC(C)(C)C)c1cccc(CCC(O)(CCC)CCC)c1.CCCC(O)(CCC)CCc1cccc(C(=O)CCNC(=O)OC(C)(C)C)c1.CCCC(O)(CCC)CCc1cccc(C(C)CCN)c1.CCCC(O)(CCC)CCc1cccc(C(C)CCNC(=O)OC(C)(C)C)c1.CCO.CCOC(C)=O.CP(Br)(c1ccccc1)(c1ccccc1)c1ccccc1.Cl. The number of esters is 1. The quantitative estimate of drug-likeness (QED) is 0.00742. The maximum atomic E-state index is 12.4. The van der Waals surface area contributed by atoms with E-state index in [0.717, 1.165) is 184 Å². The summed E-state index contributed by atoms with van der Waals surface area (Å²) in [6, 6.07) is 65.6. The molecule has 7 aromatic rings. The normalized spacial score (nSPS) is 12.1. The molecule has 0 saturated carbocycles. The number of hydrogen-bond acceptors (Lipinski definition) is 15. The number of alkyl carbamates (subject to hydrolysis) is 3. The molecule has 0 spiro atoms. The second kappa shape index (κ2) is 69.1. The van der Waals surface area contributed by atoms with Crippen molar-refractivity contribution in [3.63, 3.8) is 0 Å². The minimum absolute atomic E-state index is 0. The van der Waals surface area contributed by atoms with Crippen LogP contribution < -0.4 is 37.6 Å². The van der Waals surface area contributed by atoms with Crippen molar-refractivity contribution in [3.05, 3.63) is 239 Å². The molecule has 10 N–H and O–H groups in total. The number of ether oxygens (including phenoxy) is 4. The minimum atomic E-state index is -2.56. The van der Waals surface area contributed by atoms with Crippen molar-refractivity contribution in [1.29, 1.82) is 0 Å². The standard InChI is InChI=1S/C24H41NO3.C24H39NO3.C23H37NO4.C19H18BrP.C19H33NO.C4H8O2.C2H6O.CH4.ClH/c2*1-7-14-24(27,15-8-2)16-12-20-10-9-11-21(18-20)19(3)13-17-25-22(26)28-23(4,5)6;1-6-13-23(27,14-7-2)15-11-18-9-8-10-19(17-18)20(25)12-16-24-21(26)28-22(3,4)5;1-21(20,17-11-5-2-6-12-17,18-13-7-3-8-14-18)19-15-9-4-10-16-19;1-4-11-19(21,12-5-2)13-9-17-7-6-8-18(15-17)16(3)10-14-20;1-3-6-4(2)5;1-2-3;;/h9-11,18-19,27H,7-8,12-17H2,1-6H3,(H,25,26);9-11,18,27H,3,7-8,12-17H2,1-2,4-6H3,(H,25,26);8-10,17,27H,6-7,11-16H2,1-5H3,(H,24,26);2-16H,1H3;6-8,15-16,21H,4-5,9-14,20H2,1-3H3;3H2,1-2H3;3H,2H2,1H3;1H4;1H. The van der Waals surface area contributed by atoms with Crippen molar-refractivity contribution >= 4 is 84.7 Å². The number of amides is 3. The Morgan fingerprint density at radius 2 is 0.672 bits per heavy atom. The molecule has 18 nitrogen and oxygen atoms in total. The molecule has 0 aliphatic carbocycles. The fourth-order valence-corrected chi connectivity index (χ4v) is 22.2. The summed E-state index contributed by atoms with van der Waals surface area (Å²) in [5.74, 6) is 0.632. The number of Topliss-reactive ketones (excluding diaryl/α,β-unsaturated/α-hetero) is 1. The minimum Gasteiger partial charge on any atom is -0.147 e. The van der Waals surface area contributed by atoms with E-state index in [9.17, 15) is 44.4 Å². The van der Waals surface area contributed by atoms with E-state index in [1.807, 2.05) is 71.9 Å². The van der Waals surface area contributed by atoms with Gasteiger partial charge in [0.05, 0.1) is 29.0 Å². The van der Waals surface area contributed by atoms with Crippen LogP contribution in [0.1, 0.15) is 375 Å². The Labute approximate surface area is 845 Å². The van der Waals surface area contributed by atoms with Crippen molar-refractivity contribution in [2.45, 2.75) is 391 Å². The van der Waals surface area contributed by atoms with E-state index in [-0.39, 0.29) is 57.3 Å². The maximum absolute atomic E-state index is 12.4. The first-order valence-corrected chi connectivity index (χ1v) is 55.0. The molecule has 0 radical (unpaired) electrons. The number of nitrogens with one attached hydrogen (secondary N) is 3. The molecular formula is C116H187BrClN4O14P. The first kappa shape index (κ1) is 131. The second-order valence-electron chi connectivity index (χ2n) is 39.4. The third-order valence-electron chi connectivity index (χ3n) is 23.3. The maximum Gasteiger partial charge on any atom is -0.147 e. The number of carbonyl (C=O) groups excluding carboxylic acids is 5. The Morgan fingerprint density at radius 3 is 0.949 bits per heavy atom. The predicted molar refractivity (Wildman–Crippen MR) is 588 cm³/mol. The molecule has 0 bridgehead atoms. The molecule has 0 heterocycles. The summed E-state index contributed by atoms with van der Waals surface area (Å²) in [5.41, 5.74) is 12.1. The number of carbonyl (C=O) groups is 5. The van der Waals surface area contributed by atoms with Crippen molar-refractivity contribution < 1.29 is 68.5 Å². The monoisotopic (exact) mass is 2010 g/mol. The number of aliphatic hydroxyl groups is 5. The van der Waals surface area contributed by atoms with Crippen LogP contribution in [0.2, 0.25) is 0 Å². The van der Waals surface area contributed by atoms with E-state index in [1.54, 1.807) is 40.7 Å². The van der Waals surface area contributed by atoms with Crippen LogP contribution in [0.15, 0.2) is 195 Å². The van der Waals surface area contributed by atoms with Crippen LogP contribution in [0.5, 0.6) is 0 Å². The molecule has 0 aliphatic rings. The van der Waals surface area contributed by atoms with Crippen LogP contribution >= 0.6 is 33.2 Å². The fraction of sp³-hybridized carbons (Fsp3) is 0.578. The number of halogens is 2. The molecule has 0 aromatic heterocycles.